The Morgan fingerprint density at radius 2 is 0.828 bits per heavy atom. The Bertz CT molecular complexity index is 1780. The average molecular weight is 791 g/mol. The zero-order valence-corrected chi connectivity index (χ0v) is 38.6. The van der Waals surface area contributed by atoms with E-state index in [0.29, 0.717) is 28.9 Å². The Hall–Kier alpha value is -3.92. The number of unbranched alkanes of at least 4 members (excludes halogenated alkanes) is 6. The number of phenolic OH excluding ortho intramolecular Hbond substituents is 4. The molecule has 0 amide bonds. The Labute approximate surface area is 353 Å². The van der Waals surface area contributed by atoms with E-state index in [1.807, 2.05) is 55.4 Å². The van der Waals surface area contributed by atoms with Gasteiger partial charge in [0.05, 0.1) is 0 Å². The highest BCUT2D eigenvalue weighted by atomic mass is 16.3. The number of rotatable bonds is 14. The summed E-state index contributed by atoms with van der Waals surface area (Å²) in [6.07, 6.45) is 15.1. The van der Waals surface area contributed by atoms with E-state index in [2.05, 4.69) is 83.1 Å². The lowest BCUT2D eigenvalue weighted by molar-refractivity contribution is 0.217. The van der Waals surface area contributed by atoms with Gasteiger partial charge in [-0.15, -0.1) is 0 Å². The molecule has 4 aromatic carbocycles. The van der Waals surface area contributed by atoms with Crippen molar-refractivity contribution in [3.8, 4) is 23.0 Å². The van der Waals surface area contributed by atoms with Gasteiger partial charge in [0.15, 0.2) is 0 Å². The van der Waals surface area contributed by atoms with Gasteiger partial charge in [0.25, 0.3) is 0 Å². The number of hydrogen-bond donors (Lipinski definition) is 4. The van der Waals surface area contributed by atoms with Gasteiger partial charge in [-0.25, -0.2) is 0 Å². The van der Waals surface area contributed by atoms with Crippen LogP contribution in [0.4, 0.5) is 0 Å². The lowest BCUT2D eigenvalue weighted by atomic mass is 9.61. The van der Waals surface area contributed by atoms with Crippen molar-refractivity contribution in [3.63, 3.8) is 0 Å². The fourth-order valence-corrected chi connectivity index (χ4v) is 9.95. The van der Waals surface area contributed by atoms with Crippen LogP contribution in [0.25, 0.3) is 0 Å². The number of phenols is 4. The second-order valence-electron chi connectivity index (χ2n) is 19.0. The molecule has 1 aliphatic carbocycles. The fourth-order valence-electron chi connectivity index (χ4n) is 9.95. The first-order chi connectivity index (χ1) is 27.3. The van der Waals surface area contributed by atoms with Crippen molar-refractivity contribution in [1.82, 2.24) is 0 Å². The molecule has 4 heteroatoms. The van der Waals surface area contributed by atoms with Crippen molar-refractivity contribution in [1.29, 1.82) is 0 Å². The molecule has 4 aromatic rings. The minimum absolute atomic E-state index is 0.0438. The molecular weight excluding hydrogens is 713 g/mol. The second kappa shape index (κ2) is 19.9. The summed E-state index contributed by atoms with van der Waals surface area (Å²) in [7, 11) is 0. The van der Waals surface area contributed by atoms with E-state index < -0.39 is 0 Å². The Morgan fingerprint density at radius 1 is 0.517 bits per heavy atom. The van der Waals surface area contributed by atoms with Crippen LogP contribution in [0.2, 0.25) is 0 Å². The molecular formula is C54H78O4. The number of hydrogen-bond acceptors (Lipinski definition) is 4. The largest absolute Gasteiger partial charge is 0.507 e. The number of benzene rings is 4. The molecule has 1 fully saturated rings. The topological polar surface area (TPSA) is 80.9 Å². The molecule has 0 radical (unpaired) electrons. The summed E-state index contributed by atoms with van der Waals surface area (Å²) in [6.45, 7) is 27.6. The predicted molar refractivity (Wildman–Crippen MR) is 246 cm³/mol. The molecule has 1 atom stereocenters. The summed E-state index contributed by atoms with van der Waals surface area (Å²) in [6, 6.07) is 17.3. The zero-order chi connectivity index (χ0) is 43.1. The molecule has 0 aliphatic heterocycles. The maximum Gasteiger partial charge on any atom is 0.121 e. The summed E-state index contributed by atoms with van der Waals surface area (Å²) in [5, 5.41) is 41.3. The molecule has 0 saturated heterocycles. The van der Waals surface area contributed by atoms with E-state index in [1.54, 1.807) is 0 Å². The van der Waals surface area contributed by atoms with E-state index in [0.717, 1.165) is 69.2 Å². The van der Waals surface area contributed by atoms with Crippen LogP contribution in [0.15, 0.2) is 48.5 Å². The van der Waals surface area contributed by atoms with Crippen molar-refractivity contribution in [2.24, 2.45) is 17.8 Å². The predicted octanol–water partition coefficient (Wildman–Crippen LogP) is 14.9. The van der Waals surface area contributed by atoms with Crippen LogP contribution in [0, 0.1) is 73.1 Å². The quantitative estimate of drug-likeness (QED) is 0.0959. The molecule has 1 saturated carbocycles. The maximum absolute atomic E-state index is 10.4. The van der Waals surface area contributed by atoms with E-state index in [1.165, 1.54) is 86.5 Å². The Balaban J connectivity index is 0.000000259. The van der Waals surface area contributed by atoms with Gasteiger partial charge in [0.2, 0.25) is 0 Å². The molecule has 4 N–H and O–H groups in total. The van der Waals surface area contributed by atoms with Gasteiger partial charge < -0.3 is 20.4 Å². The van der Waals surface area contributed by atoms with Crippen molar-refractivity contribution in [3.05, 3.63) is 115 Å². The second-order valence-corrected chi connectivity index (χ2v) is 19.0. The molecule has 1 unspecified atom stereocenters. The normalized spacial score (nSPS) is 15.0. The minimum atomic E-state index is -0.186. The smallest absolute Gasteiger partial charge is 0.121 e. The van der Waals surface area contributed by atoms with E-state index >= 15 is 0 Å². The lowest BCUT2D eigenvalue weighted by Crippen LogP contribution is -2.34. The van der Waals surface area contributed by atoms with Gasteiger partial charge >= 0.3 is 0 Å². The van der Waals surface area contributed by atoms with Crippen LogP contribution >= 0.6 is 0 Å². The molecule has 0 heterocycles. The minimum Gasteiger partial charge on any atom is -0.507 e. The molecule has 58 heavy (non-hydrogen) atoms. The van der Waals surface area contributed by atoms with Crippen LogP contribution < -0.4 is 0 Å². The van der Waals surface area contributed by atoms with Gasteiger partial charge in [0.1, 0.15) is 23.0 Å². The van der Waals surface area contributed by atoms with Crippen LogP contribution in [-0.4, -0.2) is 20.4 Å². The van der Waals surface area contributed by atoms with E-state index in [9.17, 15) is 20.4 Å². The van der Waals surface area contributed by atoms with Gasteiger partial charge in [-0.05, 0) is 172 Å². The van der Waals surface area contributed by atoms with Crippen molar-refractivity contribution < 1.29 is 20.4 Å². The van der Waals surface area contributed by atoms with Crippen LogP contribution in [0.3, 0.4) is 0 Å². The molecule has 0 aromatic heterocycles. The van der Waals surface area contributed by atoms with Crippen LogP contribution in [0.5, 0.6) is 23.0 Å². The maximum atomic E-state index is 10.4. The first-order valence-corrected chi connectivity index (χ1v) is 22.5. The van der Waals surface area contributed by atoms with Crippen LogP contribution in [0.1, 0.15) is 178 Å². The standard InChI is InChI=1S/C29H44O2.C25H34O2/c1-8-9-10-11-12-13-14-15-24(6)29(7,25-16-20(2)27(30)21(3)17-25)26-18-22(4)28(31)23(5)19-26;1-15(2)20-7-9-25(10-8-20,21-11-16(3)23(26)17(4)12-21)22-13-18(5)24(27)19(6)14-22/h16-19,24,30-31H,8-15H2,1-7H3;11-15,20,26-27H,7-10H2,1-6H3. The average Bonchev–Trinajstić information content (AvgIpc) is 3.18. The molecule has 4 nitrogen and oxygen atoms in total. The summed E-state index contributed by atoms with van der Waals surface area (Å²) < 4.78 is 0. The third kappa shape index (κ3) is 10.3. The third-order valence-corrected chi connectivity index (χ3v) is 14.3. The van der Waals surface area contributed by atoms with Gasteiger partial charge in [-0.2, -0.15) is 0 Å². The first-order valence-electron chi connectivity index (χ1n) is 22.5. The SMILES string of the molecule is CCCCCCCCCC(C)C(C)(c1cc(C)c(O)c(C)c1)c1cc(C)c(O)c(C)c1.Cc1cc(C2(c3cc(C)c(O)c(C)c3)CCC(C(C)C)CC2)cc(C)c1O. The first kappa shape index (κ1) is 46.8. The Morgan fingerprint density at radius 3 is 1.16 bits per heavy atom. The highest BCUT2D eigenvalue weighted by Gasteiger charge is 2.40. The highest BCUT2D eigenvalue weighted by molar-refractivity contribution is 5.54. The summed E-state index contributed by atoms with van der Waals surface area (Å²) in [5.41, 5.74) is 12.4. The van der Waals surface area contributed by atoms with E-state index in [-0.39, 0.29) is 10.8 Å². The molecule has 0 spiro atoms. The summed E-state index contributed by atoms with van der Waals surface area (Å²) in [4.78, 5) is 0. The monoisotopic (exact) mass is 791 g/mol. The Kier molecular flexibility index (Phi) is 16.0. The third-order valence-electron chi connectivity index (χ3n) is 14.3. The van der Waals surface area contributed by atoms with Crippen molar-refractivity contribution in [2.75, 3.05) is 0 Å². The van der Waals surface area contributed by atoms with Crippen LogP contribution in [-0.2, 0) is 10.8 Å². The van der Waals surface area contributed by atoms with E-state index in [4.69, 9.17) is 0 Å². The molecule has 318 valence electrons. The molecule has 1 aliphatic rings. The summed E-state index contributed by atoms with van der Waals surface area (Å²) in [5.74, 6) is 3.53. The van der Waals surface area contributed by atoms with Gasteiger partial charge in [-0.3, -0.25) is 0 Å². The van der Waals surface area contributed by atoms with Crippen molar-refractivity contribution >= 4 is 0 Å². The lowest BCUT2D eigenvalue weighted by Gasteiger charge is -2.43. The zero-order valence-electron chi connectivity index (χ0n) is 38.6. The molecule has 5 rings (SSSR count). The fraction of sp³-hybridized carbons (Fsp3) is 0.556. The van der Waals surface area contributed by atoms with Gasteiger partial charge in [-0.1, -0.05) is 128 Å². The highest BCUT2D eigenvalue weighted by Crippen LogP contribution is 2.50. The number of aryl methyl sites for hydroxylation is 8. The van der Waals surface area contributed by atoms with Gasteiger partial charge in [0, 0.05) is 10.8 Å². The number of aromatic hydroxyl groups is 4. The summed E-state index contributed by atoms with van der Waals surface area (Å²) >= 11 is 0. The van der Waals surface area contributed by atoms with Crippen molar-refractivity contribution in [2.45, 2.75) is 178 Å². The molecule has 0 bridgehead atoms.